The first-order valence-electron chi connectivity index (χ1n) is 7.74. The molecule has 3 N–H and O–H groups in total. The molecule has 3 nitrogen and oxygen atoms in total. The zero-order chi connectivity index (χ0) is 18.8. The van der Waals surface area contributed by atoms with Crippen LogP contribution in [0.15, 0.2) is 24.3 Å². The number of carbonyl (C=O) groups excluding carboxylic acids is 1. The number of benzene rings is 1. The quantitative estimate of drug-likeness (QED) is 0.784. The second-order valence-electron chi connectivity index (χ2n) is 6.27. The largest absolute Gasteiger partial charge is 0.391 e. The van der Waals surface area contributed by atoms with Crippen LogP contribution in [0.5, 0.6) is 0 Å². The summed E-state index contributed by atoms with van der Waals surface area (Å²) in [5.74, 6) is -6.47. The van der Waals surface area contributed by atoms with Crippen molar-refractivity contribution in [1.82, 2.24) is 0 Å². The highest BCUT2D eigenvalue weighted by Gasteiger charge is 2.52. The second kappa shape index (κ2) is 7.23. The molecule has 1 amide bonds. The van der Waals surface area contributed by atoms with Crippen molar-refractivity contribution in [3.8, 4) is 0 Å². The van der Waals surface area contributed by atoms with Crippen LogP contribution < -0.4 is 11.1 Å². The summed E-state index contributed by atoms with van der Waals surface area (Å²) in [6, 6.07) is 6.32. The van der Waals surface area contributed by atoms with E-state index in [9.17, 15) is 31.1 Å². The lowest BCUT2D eigenvalue weighted by Gasteiger charge is -2.36. The number of nitrogens with two attached hydrogens (primary N) is 1. The van der Waals surface area contributed by atoms with Crippen molar-refractivity contribution in [2.75, 3.05) is 5.32 Å². The molecule has 0 bridgehead atoms. The van der Waals surface area contributed by atoms with Crippen molar-refractivity contribution >= 4 is 11.6 Å². The molecule has 0 aliphatic heterocycles. The fourth-order valence-electron chi connectivity index (χ4n) is 3.09. The number of hydrogen-bond acceptors (Lipinski definition) is 2. The number of alkyl halides is 6. The topological polar surface area (TPSA) is 55.1 Å². The van der Waals surface area contributed by atoms with Gasteiger partial charge in [0.15, 0.2) is 0 Å². The predicted octanol–water partition coefficient (Wildman–Crippen LogP) is 4.24. The summed E-state index contributed by atoms with van der Waals surface area (Å²) in [5.41, 5.74) is 6.44. The van der Waals surface area contributed by atoms with Crippen LogP contribution in [0, 0.1) is 17.8 Å². The van der Waals surface area contributed by atoms with Crippen molar-refractivity contribution in [3.05, 3.63) is 29.8 Å². The van der Waals surface area contributed by atoms with Gasteiger partial charge in [0.1, 0.15) is 0 Å². The minimum atomic E-state index is -4.76. The minimum absolute atomic E-state index is 0.194. The lowest BCUT2D eigenvalue weighted by atomic mass is 9.74. The molecule has 0 heterocycles. The molecule has 1 saturated carbocycles. The smallest absolute Gasteiger partial charge is 0.326 e. The van der Waals surface area contributed by atoms with Crippen LogP contribution in [-0.4, -0.2) is 18.3 Å². The maximum Gasteiger partial charge on any atom is 0.391 e. The molecule has 9 heteroatoms. The maximum atomic E-state index is 13.0. The number of rotatable bonds is 3. The molecule has 25 heavy (non-hydrogen) atoms. The van der Waals surface area contributed by atoms with Crippen molar-refractivity contribution in [1.29, 1.82) is 0 Å². The minimum Gasteiger partial charge on any atom is -0.326 e. The number of nitrogens with one attached hydrogen (secondary N) is 1. The van der Waals surface area contributed by atoms with Gasteiger partial charge in [0.25, 0.3) is 0 Å². The summed E-state index contributed by atoms with van der Waals surface area (Å²) in [6.07, 6.45) is -11.8. The predicted molar refractivity (Wildman–Crippen MR) is 79.4 cm³/mol. The molecule has 1 aromatic rings. The van der Waals surface area contributed by atoms with Crippen molar-refractivity contribution < 1.29 is 31.1 Å². The lowest BCUT2D eigenvalue weighted by Crippen LogP contribution is -2.41. The van der Waals surface area contributed by atoms with Gasteiger partial charge in [-0.2, -0.15) is 26.3 Å². The van der Waals surface area contributed by atoms with Gasteiger partial charge in [0, 0.05) is 18.2 Å². The SMILES string of the molecule is NCc1cccc(NC(=O)C2C[C@@H](C(F)(F)F)C[C@@H](C(F)(F)F)C2)c1. The Labute approximate surface area is 140 Å². The van der Waals surface area contributed by atoms with Crippen molar-refractivity contribution in [3.63, 3.8) is 0 Å². The number of carbonyl (C=O) groups is 1. The molecule has 3 atom stereocenters. The van der Waals surface area contributed by atoms with Gasteiger partial charge in [0.05, 0.1) is 11.8 Å². The van der Waals surface area contributed by atoms with Gasteiger partial charge in [0.2, 0.25) is 5.91 Å². The molecule has 0 saturated heterocycles. The van der Waals surface area contributed by atoms with E-state index in [0.717, 1.165) is 0 Å². The first-order chi connectivity index (χ1) is 11.5. The van der Waals surface area contributed by atoms with Crippen LogP contribution in [0.4, 0.5) is 32.0 Å². The Hall–Kier alpha value is -1.77. The van der Waals surface area contributed by atoms with E-state index in [1.807, 2.05) is 0 Å². The summed E-state index contributed by atoms with van der Waals surface area (Å²) in [7, 11) is 0. The fourth-order valence-corrected chi connectivity index (χ4v) is 3.09. The molecule has 1 aromatic carbocycles. The first kappa shape index (κ1) is 19.6. The summed E-state index contributed by atoms with van der Waals surface area (Å²) >= 11 is 0. The molecule has 1 fully saturated rings. The summed E-state index contributed by atoms with van der Waals surface area (Å²) < 4.78 is 77.7. The van der Waals surface area contributed by atoms with E-state index in [-0.39, 0.29) is 6.54 Å². The lowest BCUT2D eigenvalue weighted by molar-refractivity contribution is -0.227. The zero-order valence-electron chi connectivity index (χ0n) is 13.1. The fraction of sp³-hybridized carbons (Fsp3) is 0.562. The van der Waals surface area contributed by atoms with Gasteiger partial charge >= 0.3 is 12.4 Å². The average molecular weight is 368 g/mol. The Kier molecular flexibility index (Phi) is 5.65. The Balaban J connectivity index is 2.15. The molecule has 0 radical (unpaired) electrons. The molecular weight excluding hydrogens is 350 g/mol. The third-order valence-corrected chi connectivity index (χ3v) is 4.43. The van der Waals surface area contributed by atoms with Crippen LogP contribution in [0.2, 0.25) is 0 Å². The Bertz CT molecular complexity index is 591. The van der Waals surface area contributed by atoms with Crippen molar-refractivity contribution in [2.24, 2.45) is 23.5 Å². The highest BCUT2D eigenvalue weighted by Crippen LogP contribution is 2.47. The second-order valence-corrected chi connectivity index (χ2v) is 6.27. The van der Waals surface area contributed by atoms with Gasteiger partial charge in [-0.05, 0) is 37.0 Å². The summed E-state index contributed by atoms with van der Waals surface area (Å²) in [4.78, 5) is 12.2. The van der Waals surface area contributed by atoms with Gasteiger partial charge in [-0.25, -0.2) is 0 Å². The van der Waals surface area contributed by atoms with E-state index < -0.39 is 55.3 Å². The van der Waals surface area contributed by atoms with Crippen molar-refractivity contribution in [2.45, 2.75) is 38.2 Å². The Morgan fingerprint density at radius 3 is 2.08 bits per heavy atom. The number of amides is 1. The van der Waals surface area contributed by atoms with E-state index in [1.165, 1.54) is 12.1 Å². The molecule has 140 valence electrons. The Morgan fingerprint density at radius 1 is 1.04 bits per heavy atom. The number of hydrogen-bond donors (Lipinski definition) is 2. The third kappa shape index (κ3) is 5.10. The highest BCUT2D eigenvalue weighted by atomic mass is 19.4. The van der Waals surface area contributed by atoms with Crippen LogP contribution in [0.3, 0.4) is 0 Å². The zero-order valence-corrected chi connectivity index (χ0v) is 13.1. The molecule has 1 aliphatic rings. The molecular formula is C16H18F6N2O. The third-order valence-electron chi connectivity index (χ3n) is 4.43. The number of anilines is 1. The van der Waals surface area contributed by atoms with Gasteiger partial charge in [-0.3, -0.25) is 4.79 Å². The molecule has 1 unspecified atom stereocenters. The standard InChI is InChI=1S/C16H18F6N2O/c17-15(18,19)11-5-10(6-12(7-11)16(20,21)22)14(25)24-13-3-1-2-9(4-13)8-23/h1-4,10-12H,5-8,23H2,(H,24,25)/t10?,11-,12+. The van der Waals surface area contributed by atoms with Crippen LogP contribution >= 0.6 is 0 Å². The summed E-state index contributed by atoms with van der Waals surface area (Å²) in [6.45, 7) is 0.194. The molecule has 0 spiro atoms. The average Bonchev–Trinajstić information content (AvgIpc) is 2.53. The molecule has 0 aromatic heterocycles. The van der Waals surface area contributed by atoms with E-state index in [2.05, 4.69) is 5.32 Å². The van der Waals surface area contributed by atoms with E-state index in [4.69, 9.17) is 5.73 Å². The van der Waals surface area contributed by atoms with E-state index >= 15 is 0 Å². The van der Waals surface area contributed by atoms with E-state index in [0.29, 0.717) is 11.3 Å². The monoisotopic (exact) mass is 368 g/mol. The van der Waals surface area contributed by atoms with Crippen LogP contribution in [0.1, 0.15) is 24.8 Å². The Morgan fingerprint density at radius 2 is 1.60 bits per heavy atom. The number of halogens is 6. The van der Waals surface area contributed by atoms with Crippen LogP contribution in [0.25, 0.3) is 0 Å². The highest BCUT2D eigenvalue weighted by molar-refractivity contribution is 5.92. The normalized spacial score (nSPS) is 24.8. The van der Waals surface area contributed by atoms with Gasteiger partial charge < -0.3 is 11.1 Å². The first-order valence-corrected chi connectivity index (χ1v) is 7.74. The maximum absolute atomic E-state index is 13.0. The van der Waals surface area contributed by atoms with E-state index in [1.54, 1.807) is 12.1 Å². The molecule has 1 aliphatic carbocycles. The summed E-state index contributed by atoms with van der Waals surface area (Å²) in [5, 5.41) is 2.40. The van der Waals surface area contributed by atoms with Gasteiger partial charge in [-0.15, -0.1) is 0 Å². The van der Waals surface area contributed by atoms with Crippen LogP contribution in [-0.2, 0) is 11.3 Å². The van der Waals surface area contributed by atoms with Gasteiger partial charge in [-0.1, -0.05) is 12.1 Å². The molecule has 2 rings (SSSR count).